The van der Waals surface area contributed by atoms with Gasteiger partial charge in [-0.3, -0.25) is 0 Å². The van der Waals surface area contributed by atoms with Crippen molar-refractivity contribution in [3.8, 4) is 0 Å². The van der Waals surface area contributed by atoms with E-state index in [2.05, 4.69) is 6.92 Å². The second-order valence-electron chi connectivity index (χ2n) is 0.702. The molecule has 0 fully saturated rings. The quantitative estimate of drug-likeness (QED) is 0.368. The maximum absolute atomic E-state index is 9.33. The molecule has 0 spiro atoms. The van der Waals surface area contributed by atoms with Gasteiger partial charge in [-0.25, -0.2) is 0 Å². The molecule has 0 saturated carbocycles. The van der Waals surface area contributed by atoms with Crippen molar-refractivity contribution in [2.45, 2.75) is 6.92 Å². The summed E-state index contributed by atoms with van der Waals surface area (Å²) in [5, 5.41) is 0. The third-order valence-electron chi connectivity index (χ3n) is 0. The summed E-state index contributed by atoms with van der Waals surface area (Å²) in [5.41, 5.74) is 0. The van der Waals surface area contributed by atoms with E-state index in [1.54, 1.807) is 0 Å². The van der Waals surface area contributed by atoms with Crippen LogP contribution in [-0.4, -0.2) is 35.3 Å². The van der Waals surface area contributed by atoms with Gasteiger partial charge < -0.3 is 4.79 Å². The molecule has 0 heterocycles. The molecular weight excluding hydrogens is 75.0 g/mol. The van der Waals surface area contributed by atoms with Crippen LogP contribution in [0.5, 0.6) is 0 Å². The predicted molar refractivity (Wildman–Crippen MR) is 23.2 cm³/mol. The molecule has 0 unspecified atom stereocenters. The zero-order chi connectivity index (χ0) is 3.58. The van der Waals surface area contributed by atoms with Gasteiger partial charge in [0, 0.05) is 6.92 Å². The predicted octanol–water partition coefficient (Wildman–Crippen LogP) is -0.239. The molecule has 2 heteroatoms. The van der Waals surface area contributed by atoms with E-state index in [4.69, 9.17) is 0 Å². The van der Waals surface area contributed by atoms with Gasteiger partial charge in [0.25, 0.3) is 0 Å². The Balaban J connectivity index is 0. The number of ketones is 1. The molecule has 1 radical (unpaired) electrons. The second-order valence-corrected chi connectivity index (χ2v) is 0.702. The third kappa shape index (κ3) is 74.2. The van der Waals surface area contributed by atoms with Crippen LogP contribution in [0.3, 0.4) is 0 Å². The van der Waals surface area contributed by atoms with Crippen LogP contribution in [0, 0.1) is 6.92 Å². The number of rotatable bonds is 0. The van der Waals surface area contributed by atoms with Crippen molar-refractivity contribution < 1.29 is 4.79 Å². The summed E-state index contributed by atoms with van der Waals surface area (Å²) in [4.78, 5) is 9.33. The van der Waals surface area contributed by atoms with Crippen molar-refractivity contribution in [1.29, 1.82) is 0 Å². The molecule has 0 N–H and O–H groups in total. The summed E-state index contributed by atoms with van der Waals surface area (Å²) in [6.07, 6.45) is 0. The fourth-order valence-corrected chi connectivity index (χ4v) is 0. The van der Waals surface area contributed by atoms with Crippen LogP contribution in [-0.2, 0) is 4.79 Å². The molecule has 0 aliphatic rings. The van der Waals surface area contributed by atoms with Gasteiger partial charge in [0.05, 0.1) is 0 Å². The van der Waals surface area contributed by atoms with E-state index in [9.17, 15) is 4.79 Å². The number of carbonyl (C=O) groups is 1. The summed E-state index contributed by atoms with van der Waals surface area (Å²) in [6, 6.07) is 0. The Kier molecular flexibility index (Phi) is 8.57. The summed E-state index contributed by atoms with van der Waals surface area (Å²) < 4.78 is 0. The zero-order valence-electron chi connectivity index (χ0n) is 2.62. The van der Waals surface area contributed by atoms with Crippen LogP contribution in [0.25, 0.3) is 0 Å². The van der Waals surface area contributed by atoms with Gasteiger partial charge in [0.15, 0.2) is 0 Å². The summed E-state index contributed by atoms with van der Waals surface area (Å²) >= 11 is 0. The first-order chi connectivity index (χ1) is 1.73. The number of hydrogen-bond acceptors (Lipinski definition) is 1. The van der Waals surface area contributed by atoms with E-state index in [1.165, 1.54) is 6.92 Å². The summed E-state index contributed by atoms with van der Waals surface area (Å²) in [6.45, 7) is 4.42. The van der Waals surface area contributed by atoms with Crippen LogP contribution >= 0.6 is 0 Å². The van der Waals surface area contributed by atoms with Crippen molar-refractivity contribution in [3.63, 3.8) is 0 Å². The first-order valence-electron chi connectivity index (χ1n) is 1.06. The van der Waals surface area contributed by atoms with Crippen LogP contribution in [0.2, 0.25) is 0 Å². The summed E-state index contributed by atoms with van der Waals surface area (Å²) in [7, 11) is 0. The van der Waals surface area contributed by atoms with E-state index in [0.717, 1.165) is 0 Å². The van der Waals surface area contributed by atoms with Crippen molar-refractivity contribution in [3.05, 3.63) is 6.92 Å². The van der Waals surface area contributed by atoms with Gasteiger partial charge in [-0.15, -0.1) is 0 Å². The number of carbonyl (C=O) groups excluding carboxylic acids is 1. The van der Waals surface area contributed by atoms with Gasteiger partial charge in [0.2, 0.25) is 0 Å². The van der Waals surface area contributed by atoms with Gasteiger partial charge >= 0.3 is 29.6 Å². The van der Waals surface area contributed by atoms with E-state index in [-0.39, 0.29) is 35.3 Å². The Labute approximate surface area is 54.0 Å². The van der Waals surface area contributed by atoms with Gasteiger partial charge in [-0.05, 0) is 6.92 Å². The van der Waals surface area contributed by atoms with Crippen molar-refractivity contribution in [2.75, 3.05) is 0 Å². The van der Waals surface area contributed by atoms with Crippen LogP contribution in [0.1, 0.15) is 6.92 Å². The molecule has 0 aromatic heterocycles. The van der Waals surface area contributed by atoms with E-state index < -0.39 is 0 Å². The number of Topliss-reactive ketones (excluding diaryl/α,β-unsaturated/α-hetero) is 1. The Bertz CT molecular complexity index is 29.9. The van der Waals surface area contributed by atoms with Gasteiger partial charge in [-0.2, -0.15) is 0 Å². The molecule has 0 saturated heterocycles. The molecule has 0 rings (SSSR count). The van der Waals surface area contributed by atoms with Crippen LogP contribution < -0.4 is 0 Å². The first-order valence-corrected chi connectivity index (χ1v) is 1.06. The minimum atomic E-state index is -0.0833. The van der Waals surface area contributed by atoms with E-state index in [0.29, 0.717) is 0 Å². The molecule has 0 atom stereocenters. The third-order valence-corrected chi connectivity index (χ3v) is 0. The Hall–Kier alpha value is 0.670. The van der Waals surface area contributed by atoms with Gasteiger partial charge in [-0.1, -0.05) is 0 Å². The fraction of sp³-hybridized carbons (Fsp3) is 0.333. The molecule has 0 amide bonds. The Morgan fingerprint density at radius 1 is 1.80 bits per heavy atom. The Morgan fingerprint density at radius 2 is 1.80 bits per heavy atom. The SMILES string of the molecule is [CH2]C(C)=O.[NaH]. The molecule has 5 heavy (non-hydrogen) atoms. The molecule has 0 aliphatic carbocycles. The monoisotopic (exact) mass is 81.0 g/mol. The van der Waals surface area contributed by atoms with Crippen LogP contribution in [0.4, 0.5) is 0 Å². The maximum atomic E-state index is 9.33. The molecule has 0 aliphatic heterocycles. The molecule has 25 valence electrons. The number of hydrogen-bond donors (Lipinski definition) is 0. The van der Waals surface area contributed by atoms with Crippen LogP contribution in [0.15, 0.2) is 0 Å². The standard InChI is InChI=1S/C3H5O.Na.H/c1-3(2)4;;/h1H2,2H3;;. The average Bonchev–Trinajstić information content (AvgIpc) is 0.811. The normalized spacial score (nSPS) is 5.20. The molecular formula is C3H6NaO. The second kappa shape index (κ2) is 4.67. The fourth-order valence-electron chi connectivity index (χ4n) is 0. The molecule has 1 nitrogen and oxygen atoms in total. The molecule has 0 aromatic carbocycles. The van der Waals surface area contributed by atoms with E-state index in [1.807, 2.05) is 0 Å². The van der Waals surface area contributed by atoms with Gasteiger partial charge in [0.1, 0.15) is 5.78 Å². The topological polar surface area (TPSA) is 17.1 Å². The Morgan fingerprint density at radius 3 is 1.80 bits per heavy atom. The first kappa shape index (κ1) is 9.18. The average molecular weight is 81.1 g/mol. The minimum absolute atomic E-state index is 0. The van der Waals surface area contributed by atoms with Crippen molar-refractivity contribution in [2.24, 2.45) is 0 Å². The summed E-state index contributed by atoms with van der Waals surface area (Å²) in [5.74, 6) is -0.0833. The van der Waals surface area contributed by atoms with Crippen molar-refractivity contribution >= 4 is 35.3 Å². The molecule has 0 aromatic rings. The van der Waals surface area contributed by atoms with E-state index >= 15 is 0 Å². The van der Waals surface area contributed by atoms with Crippen molar-refractivity contribution in [1.82, 2.24) is 0 Å². The zero-order valence-corrected chi connectivity index (χ0v) is 2.62. The molecule has 0 bridgehead atoms.